The van der Waals surface area contributed by atoms with Crippen LogP contribution in [0.4, 0.5) is 4.79 Å². The Morgan fingerprint density at radius 3 is 2.10 bits per heavy atom. The number of benzene rings is 2. The third kappa shape index (κ3) is 4.36. The minimum atomic E-state index is -1.27. The number of hydrogen-bond donors (Lipinski definition) is 2. The summed E-state index contributed by atoms with van der Waals surface area (Å²) in [5, 5.41) is 9.55. The van der Waals surface area contributed by atoms with Crippen LogP contribution in [0.1, 0.15) is 43.2 Å². The van der Waals surface area contributed by atoms with Gasteiger partial charge in [0.15, 0.2) is 0 Å². The lowest BCUT2D eigenvalue weighted by atomic mass is 9.98. The zero-order chi connectivity index (χ0) is 21.7. The molecule has 1 atom stereocenters. The molecular formula is C23H26N2O5. The van der Waals surface area contributed by atoms with Gasteiger partial charge in [-0.2, -0.15) is 0 Å². The van der Waals surface area contributed by atoms with Crippen molar-refractivity contribution < 1.29 is 24.2 Å². The molecule has 0 saturated heterocycles. The van der Waals surface area contributed by atoms with Crippen LogP contribution in [0.5, 0.6) is 0 Å². The van der Waals surface area contributed by atoms with Crippen molar-refractivity contribution in [3.05, 3.63) is 59.7 Å². The van der Waals surface area contributed by atoms with Gasteiger partial charge in [-0.25, -0.2) is 14.5 Å². The number of carboxylic acid groups (broad SMARTS) is 1. The molecule has 2 amide bonds. The molecule has 0 bridgehead atoms. The number of unbranched alkanes of at least 4 members (excludes halogenated alkanes) is 1. The van der Waals surface area contributed by atoms with Crippen molar-refractivity contribution in [2.75, 3.05) is 13.2 Å². The lowest BCUT2D eigenvalue weighted by Crippen LogP contribution is -2.48. The molecule has 2 aromatic rings. The quantitative estimate of drug-likeness (QED) is 0.646. The Balaban J connectivity index is 1.77. The van der Waals surface area contributed by atoms with E-state index in [1.165, 1.54) is 6.92 Å². The fourth-order valence-corrected chi connectivity index (χ4v) is 3.98. The first-order valence-corrected chi connectivity index (χ1v) is 10.0. The number of imide groups is 1. The molecule has 3 N–H and O–H groups in total. The van der Waals surface area contributed by atoms with E-state index in [0.29, 0.717) is 24.3 Å². The van der Waals surface area contributed by atoms with E-state index in [2.05, 4.69) is 0 Å². The first-order valence-electron chi connectivity index (χ1n) is 10.0. The molecule has 0 aromatic heterocycles. The van der Waals surface area contributed by atoms with Gasteiger partial charge in [0.25, 0.3) is 0 Å². The Kier molecular flexibility index (Phi) is 6.84. The number of hydrogen-bond acceptors (Lipinski definition) is 5. The van der Waals surface area contributed by atoms with Gasteiger partial charge in [0.2, 0.25) is 5.91 Å². The summed E-state index contributed by atoms with van der Waals surface area (Å²) in [6.07, 6.45) is 0.300. The van der Waals surface area contributed by atoms with E-state index in [9.17, 15) is 19.5 Å². The monoisotopic (exact) mass is 410 g/mol. The number of aliphatic carboxylic acids is 1. The Bertz CT molecular complexity index is 897. The fraction of sp³-hybridized carbons (Fsp3) is 0.348. The first-order chi connectivity index (χ1) is 14.5. The number of fused-ring (bicyclic) bond motifs is 3. The molecule has 0 heterocycles. The van der Waals surface area contributed by atoms with E-state index in [1.54, 1.807) is 0 Å². The Labute approximate surface area is 175 Å². The molecule has 0 radical (unpaired) electrons. The molecule has 0 aliphatic heterocycles. The number of carbonyl (C=O) groups excluding carboxylic acids is 2. The lowest BCUT2D eigenvalue weighted by Gasteiger charge is -2.26. The molecule has 2 aromatic carbocycles. The second kappa shape index (κ2) is 9.54. The van der Waals surface area contributed by atoms with Crippen molar-refractivity contribution in [2.24, 2.45) is 5.73 Å². The summed E-state index contributed by atoms with van der Waals surface area (Å²) in [6, 6.07) is 14.5. The third-order valence-electron chi connectivity index (χ3n) is 5.40. The van der Waals surface area contributed by atoms with Crippen molar-refractivity contribution in [1.82, 2.24) is 4.90 Å². The second-order valence-electron chi connectivity index (χ2n) is 7.33. The fourth-order valence-electron chi connectivity index (χ4n) is 3.98. The molecule has 1 aliphatic carbocycles. The molecular weight excluding hydrogens is 384 g/mol. The van der Waals surface area contributed by atoms with Crippen LogP contribution in [0.2, 0.25) is 0 Å². The highest BCUT2D eigenvalue weighted by Crippen LogP contribution is 2.44. The molecule has 7 heteroatoms. The average Bonchev–Trinajstić information content (AvgIpc) is 3.05. The lowest BCUT2D eigenvalue weighted by molar-refractivity contribution is -0.148. The predicted octanol–water partition coefficient (Wildman–Crippen LogP) is 3.37. The first kappa shape index (κ1) is 21.5. The number of ether oxygens (including phenoxy) is 1. The Morgan fingerprint density at radius 1 is 1.03 bits per heavy atom. The van der Waals surface area contributed by atoms with Crippen LogP contribution in [0.3, 0.4) is 0 Å². The summed E-state index contributed by atoms with van der Waals surface area (Å²) in [4.78, 5) is 37.2. The summed E-state index contributed by atoms with van der Waals surface area (Å²) in [7, 11) is 0. The topological polar surface area (TPSA) is 110 Å². The molecule has 30 heavy (non-hydrogen) atoms. The largest absolute Gasteiger partial charge is 0.480 e. The number of carboxylic acids is 1. The van der Waals surface area contributed by atoms with E-state index in [1.807, 2.05) is 48.5 Å². The van der Waals surface area contributed by atoms with E-state index < -0.39 is 24.0 Å². The van der Waals surface area contributed by atoms with Crippen molar-refractivity contribution in [3.8, 4) is 11.1 Å². The highest BCUT2D eigenvalue weighted by atomic mass is 16.6. The number of rotatable bonds is 8. The van der Waals surface area contributed by atoms with Gasteiger partial charge in [-0.3, -0.25) is 4.79 Å². The molecule has 1 aliphatic rings. The second-order valence-corrected chi connectivity index (χ2v) is 7.33. The molecule has 0 spiro atoms. The van der Waals surface area contributed by atoms with Crippen molar-refractivity contribution in [3.63, 3.8) is 0 Å². The van der Waals surface area contributed by atoms with Gasteiger partial charge in [-0.1, -0.05) is 48.5 Å². The van der Waals surface area contributed by atoms with Gasteiger partial charge in [0.05, 0.1) is 0 Å². The molecule has 0 unspecified atom stereocenters. The van der Waals surface area contributed by atoms with Gasteiger partial charge in [0, 0.05) is 12.8 Å². The standard InChI is InChI=1S/C23H26N2O5/c1-15(26)25(21(22(27)28)12-6-7-13-24)23(29)30-14-20-18-10-4-2-8-16(18)17-9-3-5-11-19(17)20/h2-5,8-11,20-21H,6-7,12-14,24H2,1H3,(H,27,28)/t21-/m0/s1. The molecule has 7 nitrogen and oxygen atoms in total. The number of carbonyl (C=O) groups is 3. The van der Waals surface area contributed by atoms with E-state index in [4.69, 9.17) is 10.5 Å². The van der Waals surface area contributed by atoms with E-state index in [-0.39, 0.29) is 18.9 Å². The summed E-state index contributed by atoms with van der Waals surface area (Å²) in [5.74, 6) is -2.07. The van der Waals surface area contributed by atoms with Crippen LogP contribution in [0.15, 0.2) is 48.5 Å². The maximum atomic E-state index is 12.7. The summed E-state index contributed by atoms with van der Waals surface area (Å²) >= 11 is 0. The average molecular weight is 410 g/mol. The number of amides is 2. The maximum Gasteiger partial charge on any atom is 0.417 e. The highest BCUT2D eigenvalue weighted by Gasteiger charge is 2.35. The van der Waals surface area contributed by atoms with Gasteiger partial charge < -0.3 is 15.6 Å². The molecule has 158 valence electrons. The van der Waals surface area contributed by atoms with Crippen LogP contribution in [0.25, 0.3) is 11.1 Å². The Morgan fingerprint density at radius 2 is 1.60 bits per heavy atom. The van der Waals surface area contributed by atoms with Crippen molar-refractivity contribution >= 4 is 18.0 Å². The normalized spacial score (nSPS) is 13.3. The van der Waals surface area contributed by atoms with Gasteiger partial charge >= 0.3 is 12.1 Å². The third-order valence-corrected chi connectivity index (χ3v) is 5.40. The van der Waals surface area contributed by atoms with E-state index >= 15 is 0 Å². The summed E-state index contributed by atoms with van der Waals surface area (Å²) in [5.41, 5.74) is 9.71. The van der Waals surface area contributed by atoms with Gasteiger partial charge in [0.1, 0.15) is 12.6 Å². The molecule has 0 saturated carbocycles. The van der Waals surface area contributed by atoms with Gasteiger partial charge in [-0.05, 0) is 48.1 Å². The van der Waals surface area contributed by atoms with Crippen LogP contribution in [-0.2, 0) is 14.3 Å². The van der Waals surface area contributed by atoms with Crippen LogP contribution < -0.4 is 5.73 Å². The number of nitrogens with zero attached hydrogens (tertiary/aromatic N) is 1. The summed E-state index contributed by atoms with van der Waals surface area (Å²) < 4.78 is 5.48. The van der Waals surface area contributed by atoms with Crippen LogP contribution >= 0.6 is 0 Å². The SMILES string of the molecule is CC(=O)N(C(=O)OCC1c2ccccc2-c2ccccc21)[C@@H](CCCCN)C(=O)O. The smallest absolute Gasteiger partial charge is 0.417 e. The van der Waals surface area contributed by atoms with Crippen LogP contribution in [-0.4, -0.2) is 47.2 Å². The van der Waals surface area contributed by atoms with Gasteiger partial charge in [-0.15, -0.1) is 0 Å². The predicted molar refractivity (Wildman–Crippen MR) is 112 cm³/mol. The van der Waals surface area contributed by atoms with Crippen LogP contribution in [0, 0.1) is 0 Å². The molecule has 0 fully saturated rings. The minimum absolute atomic E-state index is 0.0196. The highest BCUT2D eigenvalue weighted by molar-refractivity contribution is 5.95. The van der Waals surface area contributed by atoms with Crippen molar-refractivity contribution in [2.45, 2.75) is 38.1 Å². The zero-order valence-electron chi connectivity index (χ0n) is 16.9. The maximum absolute atomic E-state index is 12.7. The number of nitrogens with two attached hydrogens (primary N) is 1. The zero-order valence-corrected chi connectivity index (χ0v) is 16.9. The molecule has 3 rings (SSSR count). The Hall–Kier alpha value is -3.19. The summed E-state index contributed by atoms with van der Waals surface area (Å²) in [6.45, 7) is 1.60. The van der Waals surface area contributed by atoms with Crippen molar-refractivity contribution in [1.29, 1.82) is 0 Å². The van der Waals surface area contributed by atoms with E-state index in [0.717, 1.165) is 22.3 Å². The minimum Gasteiger partial charge on any atom is -0.480 e.